The van der Waals surface area contributed by atoms with E-state index >= 15 is 0 Å². The monoisotopic (exact) mass is 328 g/mol. The summed E-state index contributed by atoms with van der Waals surface area (Å²) in [5, 5.41) is 12.7. The topological polar surface area (TPSA) is 78.9 Å². The van der Waals surface area contributed by atoms with Crippen LogP contribution in [0.5, 0.6) is 0 Å². The van der Waals surface area contributed by atoms with Crippen LogP contribution >= 0.6 is 0 Å². The van der Waals surface area contributed by atoms with Crippen molar-refractivity contribution in [2.45, 2.75) is 70.2 Å². The largest absolute Gasteiger partial charge is 0.480 e. The second-order valence-electron chi connectivity index (χ2n) is 7.21. The lowest BCUT2D eigenvalue weighted by Gasteiger charge is -2.27. The number of hydrogen-bond donors (Lipinski definition) is 2. The molecule has 6 nitrogen and oxygen atoms in total. The zero-order valence-corrected chi connectivity index (χ0v) is 13.8. The molecular weight excluding hydrogens is 303 g/mol. The van der Waals surface area contributed by atoms with E-state index in [4.69, 9.17) is 4.74 Å². The van der Waals surface area contributed by atoms with Gasteiger partial charge in [-0.1, -0.05) is 6.08 Å². The van der Waals surface area contributed by atoms with Crippen molar-refractivity contribution < 1.29 is 23.8 Å². The minimum absolute atomic E-state index is 0.0896. The smallest absolute Gasteiger partial charge is 0.411 e. The first-order valence-electron chi connectivity index (χ1n) is 7.98. The average Bonchev–Trinajstić information content (AvgIpc) is 2.84. The highest BCUT2D eigenvalue weighted by atomic mass is 19.1. The maximum absolute atomic E-state index is 13.1. The van der Waals surface area contributed by atoms with Crippen molar-refractivity contribution in [2.75, 3.05) is 6.54 Å². The molecule has 1 amide bonds. The molecule has 3 atom stereocenters. The summed E-state index contributed by atoms with van der Waals surface area (Å²) in [7, 11) is 0. The zero-order chi connectivity index (χ0) is 17.2. The Morgan fingerprint density at radius 1 is 1.39 bits per heavy atom. The molecule has 1 aliphatic heterocycles. The molecule has 0 radical (unpaired) electrons. The maximum Gasteiger partial charge on any atom is 0.411 e. The lowest BCUT2D eigenvalue weighted by Crippen LogP contribution is -2.44. The van der Waals surface area contributed by atoms with Gasteiger partial charge in [-0.25, -0.2) is 14.0 Å². The van der Waals surface area contributed by atoms with E-state index in [9.17, 15) is 19.1 Å². The minimum Gasteiger partial charge on any atom is -0.480 e. The number of hydrogen-bond acceptors (Lipinski definition) is 4. The number of aliphatic carboxylic acids is 1. The Morgan fingerprint density at radius 3 is 2.61 bits per heavy atom. The molecule has 1 heterocycles. The SMILES string of the molecule is CC(C)(C)OC(=O)N1C[C@@H](NC2CC=C(F)CC2)C[C@H]1C(=O)O. The summed E-state index contributed by atoms with van der Waals surface area (Å²) in [4.78, 5) is 24.9. The van der Waals surface area contributed by atoms with Crippen molar-refractivity contribution in [3.63, 3.8) is 0 Å². The first-order valence-corrected chi connectivity index (χ1v) is 7.98. The fourth-order valence-electron chi connectivity index (χ4n) is 3.00. The standard InChI is InChI=1S/C16H25FN2O4/c1-16(2,3)23-15(22)19-9-12(8-13(19)14(20)21)18-11-6-4-10(17)5-7-11/h4,11-13,18H,5-9H2,1-3H3,(H,20,21)/t11?,12-,13-/m0/s1. The molecule has 2 aliphatic rings. The molecule has 1 fully saturated rings. The van der Waals surface area contributed by atoms with Crippen LogP contribution in [-0.2, 0) is 9.53 Å². The number of carbonyl (C=O) groups is 2. The third-order valence-electron chi connectivity index (χ3n) is 4.04. The van der Waals surface area contributed by atoms with Crippen LogP contribution in [0.3, 0.4) is 0 Å². The number of nitrogens with one attached hydrogen (secondary N) is 1. The van der Waals surface area contributed by atoms with Crippen LogP contribution in [0.4, 0.5) is 9.18 Å². The number of halogens is 1. The van der Waals surface area contributed by atoms with E-state index in [-0.39, 0.29) is 24.5 Å². The lowest BCUT2D eigenvalue weighted by atomic mass is 9.99. The number of ether oxygens (including phenoxy) is 1. The van der Waals surface area contributed by atoms with E-state index < -0.39 is 23.7 Å². The molecule has 1 saturated heterocycles. The minimum atomic E-state index is -1.03. The van der Waals surface area contributed by atoms with Gasteiger partial charge >= 0.3 is 12.1 Å². The van der Waals surface area contributed by atoms with Gasteiger partial charge in [0.05, 0.1) is 5.83 Å². The Kier molecular flexibility index (Phi) is 5.29. The summed E-state index contributed by atoms with van der Waals surface area (Å²) in [6, 6.07) is -0.895. The summed E-state index contributed by atoms with van der Waals surface area (Å²) < 4.78 is 18.3. The van der Waals surface area contributed by atoms with E-state index in [1.54, 1.807) is 26.8 Å². The van der Waals surface area contributed by atoms with Gasteiger partial charge in [-0.3, -0.25) is 4.90 Å². The number of likely N-dealkylation sites (tertiary alicyclic amines) is 1. The molecule has 0 saturated carbocycles. The van der Waals surface area contributed by atoms with Crippen LogP contribution in [0.15, 0.2) is 11.9 Å². The normalized spacial score (nSPS) is 28.4. The van der Waals surface area contributed by atoms with Gasteiger partial charge in [0.15, 0.2) is 0 Å². The van der Waals surface area contributed by atoms with E-state index in [0.29, 0.717) is 25.7 Å². The molecule has 0 aromatic heterocycles. The fraction of sp³-hybridized carbons (Fsp3) is 0.750. The van der Waals surface area contributed by atoms with Gasteiger partial charge in [0.1, 0.15) is 11.6 Å². The summed E-state index contributed by atoms with van der Waals surface area (Å²) >= 11 is 0. The summed E-state index contributed by atoms with van der Waals surface area (Å²) in [6.45, 7) is 5.52. The molecule has 2 rings (SSSR count). The second kappa shape index (κ2) is 6.86. The van der Waals surface area contributed by atoms with Crippen LogP contribution in [-0.4, -0.2) is 52.3 Å². The second-order valence-corrected chi connectivity index (χ2v) is 7.21. The molecule has 1 unspecified atom stereocenters. The van der Waals surface area contributed by atoms with Gasteiger partial charge in [0, 0.05) is 25.0 Å². The van der Waals surface area contributed by atoms with Crippen LogP contribution in [0.1, 0.15) is 46.5 Å². The van der Waals surface area contributed by atoms with E-state index in [2.05, 4.69) is 5.32 Å². The molecule has 0 aromatic rings. The Balaban J connectivity index is 1.97. The number of amides is 1. The molecule has 2 N–H and O–H groups in total. The summed E-state index contributed by atoms with van der Waals surface area (Å²) in [5.41, 5.74) is -0.669. The van der Waals surface area contributed by atoms with Gasteiger partial charge in [-0.2, -0.15) is 0 Å². The van der Waals surface area contributed by atoms with E-state index in [0.717, 1.165) is 0 Å². The van der Waals surface area contributed by atoms with Crippen LogP contribution < -0.4 is 5.32 Å². The number of carbonyl (C=O) groups excluding carboxylic acids is 1. The average molecular weight is 328 g/mol. The van der Waals surface area contributed by atoms with E-state index in [1.807, 2.05) is 0 Å². The molecule has 0 spiro atoms. The van der Waals surface area contributed by atoms with Gasteiger partial charge in [-0.05, 0) is 40.0 Å². The highest BCUT2D eigenvalue weighted by molar-refractivity contribution is 5.81. The number of rotatable bonds is 3. The van der Waals surface area contributed by atoms with Gasteiger partial charge in [0.2, 0.25) is 0 Å². The van der Waals surface area contributed by atoms with Crippen molar-refractivity contribution >= 4 is 12.1 Å². The Morgan fingerprint density at radius 2 is 2.09 bits per heavy atom. The number of carboxylic acids is 1. The quantitative estimate of drug-likeness (QED) is 0.832. The fourth-order valence-corrected chi connectivity index (χ4v) is 3.00. The third kappa shape index (κ3) is 4.92. The van der Waals surface area contributed by atoms with Crippen molar-refractivity contribution in [2.24, 2.45) is 0 Å². The molecule has 0 bridgehead atoms. The van der Waals surface area contributed by atoms with Gasteiger partial charge in [-0.15, -0.1) is 0 Å². The number of carboxylic acid groups (broad SMARTS) is 1. The zero-order valence-electron chi connectivity index (χ0n) is 13.8. The summed E-state index contributed by atoms with van der Waals surface area (Å²) in [6.07, 6.45) is 2.97. The molecule has 1 aliphatic carbocycles. The van der Waals surface area contributed by atoms with Crippen molar-refractivity contribution in [3.05, 3.63) is 11.9 Å². The molecular formula is C16H25FN2O4. The molecule has 23 heavy (non-hydrogen) atoms. The van der Waals surface area contributed by atoms with Crippen molar-refractivity contribution in [1.82, 2.24) is 10.2 Å². The predicted octanol–water partition coefficient (Wildman–Crippen LogP) is 2.44. The summed E-state index contributed by atoms with van der Waals surface area (Å²) in [5.74, 6) is -1.12. The van der Waals surface area contributed by atoms with Crippen molar-refractivity contribution in [3.8, 4) is 0 Å². The Labute approximate surface area is 135 Å². The molecule has 7 heteroatoms. The van der Waals surface area contributed by atoms with Gasteiger partial charge in [0.25, 0.3) is 0 Å². The number of nitrogens with zero attached hydrogens (tertiary/aromatic N) is 1. The van der Waals surface area contributed by atoms with Crippen LogP contribution in [0.25, 0.3) is 0 Å². The molecule has 130 valence electrons. The third-order valence-corrected chi connectivity index (χ3v) is 4.04. The predicted molar refractivity (Wildman–Crippen MR) is 82.7 cm³/mol. The first-order chi connectivity index (χ1) is 10.7. The number of allylic oxidation sites excluding steroid dienone is 1. The lowest BCUT2D eigenvalue weighted by molar-refractivity contribution is -0.142. The maximum atomic E-state index is 13.1. The van der Waals surface area contributed by atoms with Gasteiger partial charge < -0.3 is 15.2 Å². The van der Waals surface area contributed by atoms with Crippen LogP contribution in [0.2, 0.25) is 0 Å². The Hall–Kier alpha value is -1.63. The van der Waals surface area contributed by atoms with E-state index in [1.165, 1.54) is 4.90 Å². The highest BCUT2D eigenvalue weighted by Crippen LogP contribution is 2.24. The Bertz CT molecular complexity index is 501. The van der Waals surface area contributed by atoms with Crippen LogP contribution in [0, 0.1) is 0 Å². The first kappa shape index (κ1) is 17.7. The highest BCUT2D eigenvalue weighted by Gasteiger charge is 2.42. The van der Waals surface area contributed by atoms with Crippen molar-refractivity contribution in [1.29, 1.82) is 0 Å². The molecule has 0 aromatic carbocycles.